The summed E-state index contributed by atoms with van der Waals surface area (Å²) in [5.74, 6) is 1.72. The number of rotatable bonds is 10. The normalized spacial score (nSPS) is 14.7. The van der Waals surface area contributed by atoms with Crippen LogP contribution in [0.5, 0.6) is 17.2 Å². The van der Waals surface area contributed by atoms with Gasteiger partial charge in [0.15, 0.2) is 16.6 Å². The zero-order chi connectivity index (χ0) is 24.5. The first-order chi connectivity index (χ1) is 16.5. The summed E-state index contributed by atoms with van der Waals surface area (Å²) in [4.78, 5) is 14.1. The minimum absolute atomic E-state index is 0.102. The zero-order valence-electron chi connectivity index (χ0n) is 20.4. The van der Waals surface area contributed by atoms with E-state index in [2.05, 4.69) is 17.1 Å². The molecular weight excluding hydrogens is 452 g/mol. The summed E-state index contributed by atoms with van der Waals surface area (Å²) < 4.78 is 22.3. The Morgan fingerprint density at radius 3 is 2.47 bits per heavy atom. The number of hydrogen-bond acceptors (Lipinski definition) is 6. The number of ether oxygens (including phenoxy) is 4. The van der Waals surface area contributed by atoms with E-state index in [1.54, 1.807) is 45.4 Å². The summed E-state index contributed by atoms with van der Waals surface area (Å²) in [5, 5.41) is 4.11. The van der Waals surface area contributed by atoms with Crippen LogP contribution in [-0.4, -0.2) is 56.5 Å². The molecule has 0 saturated heterocycles. The van der Waals surface area contributed by atoms with Gasteiger partial charge >= 0.3 is 5.97 Å². The number of nitrogens with one attached hydrogen (secondary N) is 1. The topological polar surface area (TPSA) is 69.3 Å². The minimum Gasteiger partial charge on any atom is -0.493 e. The van der Waals surface area contributed by atoms with Crippen LogP contribution in [0.25, 0.3) is 0 Å². The first kappa shape index (κ1) is 25.6. The van der Waals surface area contributed by atoms with Crippen molar-refractivity contribution in [2.24, 2.45) is 0 Å². The monoisotopic (exact) mass is 486 g/mol. The molecule has 0 spiro atoms. The molecule has 2 aromatic carbocycles. The van der Waals surface area contributed by atoms with Gasteiger partial charge in [0.05, 0.1) is 32.4 Å². The second kappa shape index (κ2) is 12.5. The van der Waals surface area contributed by atoms with E-state index in [0.29, 0.717) is 36.0 Å². The zero-order valence-corrected chi connectivity index (χ0v) is 21.2. The molecule has 1 N–H and O–H groups in total. The number of methoxy groups -OCH3 is 2. The van der Waals surface area contributed by atoms with Crippen molar-refractivity contribution in [3.05, 3.63) is 53.1 Å². The maximum atomic E-state index is 11.9. The predicted molar refractivity (Wildman–Crippen MR) is 136 cm³/mol. The van der Waals surface area contributed by atoms with Gasteiger partial charge in [0.2, 0.25) is 0 Å². The molecule has 7 nitrogen and oxygen atoms in total. The Hall–Kier alpha value is -3.00. The fraction of sp³-hybridized carbons (Fsp3) is 0.462. The summed E-state index contributed by atoms with van der Waals surface area (Å²) in [5.41, 5.74) is 2.79. The third-order valence-electron chi connectivity index (χ3n) is 5.84. The number of benzene rings is 2. The molecule has 0 unspecified atom stereocenters. The molecule has 3 rings (SSSR count). The van der Waals surface area contributed by atoms with Crippen molar-refractivity contribution < 1.29 is 23.7 Å². The average Bonchev–Trinajstić information content (AvgIpc) is 2.86. The maximum Gasteiger partial charge on any atom is 0.338 e. The van der Waals surface area contributed by atoms with Crippen LogP contribution in [0.2, 0.25) is 0 Å². The number of carbonyl (C=O) groups excluding carboxylic acids is 1. The van der Waals surface area contributed by atoms with Gasteiger partial charge in [-0.3, -0.25) is 0 Å². The van der Waals surface area contributed by atoms with Crippen molar-refractivity contribution in [2.45, 2.75) is 39.2 Å². The maximum absolute atomic E-state index is 11.9. The van der Waals surface area contributed by atoms with E-state index in [4.69, 9.17) is 31.2 Å². The van der Waals surface area contributed by atoms with Gasteiger partial charge in [-0.2, -0.15) is 0 Å². The highest BCUT2D eigenvalue weighted by Gasteiger charge is 2.31. The van der Waals surface area contributed by atoms with E-state index in [-0.39, 0.29) is 12.0 Å². The number of fused-ring (bicyclic) bond motifs is 1. The van der Waals surface area contributed by atoms with Gasteiger partial charge in [0, 0.05) is 13.1 Å². The van der Waals surface area contributed by atoms with Crippen molar-refractivity contribution in [1.82, 2.24) is 10.2 Å². The molecule has 1 heterocycles. The number of esters is 1. The van der Waals surface area contributed by atoms with Crippen LogP contribution in [0, 0.1) is 0 Å². The number of unbranched alkanes of at least 4 members (excludes halogenated alkanes) is 1. The Balaban J connectivity index is 1.83. The van der Waals surface area contributed by atoms with Crippen molar-refractivity contribution >= 4 is 23.3 Å². The van der Waals surface area contributed by atoms with E-state index >= 15 is 0 Å². The lowest BCUT2D eigenvalue weighted by Crippen LogP contribution is -2.47. The Morgan fingerprint density at radius 2 is 1.82 bits per heavy atom. The van der Waals surface area contributed by atoms with Crippen LogP contribution >= 0.6 is 12.2 Å². The van der Waals surface area contributed by atoms with Crippen LogP contribution in [0.4, 0.5) is 0 Å². The molecule has 184 valence electrons. The third kappa shape index (κ3) is 6.11. The largest absolute Gasteiger partial charge is 0.493 e. The molecule has 8 heteroatoms. The molecule has 0 fully saturated rings. The van der Waals surface area contributed by atoms with E-state index in [9.17, 15) is 4.79 Å². The summed E-state index contributed by atoms with van der Waals surface area (Å²) in [6.07, 6.45) is 3.00. The molecule has 0 bridgehead atoms. The van der Waals surface area contributed by atoms with Crippen molar-refractivity contribution in [3.8, 4) is 17.2 Å². The van der Waals surface area contributed by atoms with Gasteiger partial charge in [0.1, 0.15) is 12.4 Å². The van der Waals surface area contributed by atoms with Crippen LogP contribution in [0.15, 0.2) is 36.4 Å². The molecule has 2 aromatic rings. The number of carbonyl (C=O) groups is 1. The SMILES string of the molecule is CCCCNC(=S)N1CCc2cc(OC)c(OC)cc2[C@H]1COc1ccc(C(=O)OCC)cc1. The second-order valence-corrected chi connectivity index (χ2v) is 8.39. The summed E-state index contributed by atoms with van der Waals surface area (Å²) in [6, 6.07) is 11.0. The quantitative estimate of drug-likeness (QED) is 0.298. The lowest BCUT2D eigenvalue weighted by atomic mass is 9.92. The Labute approximate surface area is 207 Å². The predicted octanol–water partition coefficient (Wildman–Crippen LogP) is 4.53. The van der Waals surface area contributed by atoms with Gasteiger partial charge in [-0.1, -0.05) is 13.3 Å². The summed E-state index contributed by atoms with van der Waals surface area (Å²) >= 11 is 5.76. The Morgan fingerprint density at radius 1 is 1.12 bits per heavy atom. The van der Waals surface area contributed by atoms with Crippen LogP contribution in [-0.2, 0) is 11.2 Å². The van der Waals surface area contributed by atoms with Gasteiger partial charge in [-0.15, -0.1) is 0 Å². The Kier molecular flexibility index (Phi) is 9.39. The number of hydrogen-bond donors (Lipinski definition) is 1. The smallest absolute Gasteiger partial charge is 0.338 e. The molecule has 0 radical (unpaired) electrons. The Bertz CT molecular complexity index is 980. The molecule has 0 amide bonds. The highest BCUT2D eigenvalue weighted by Crippen LogP contribution is 2.38. The average molecular weight is 487 g/mol. The molecule has 1 aliphatic rings. The highest BCUT2D eigenvalue weighted by atomic mass is 32.1. The fourth-order valence-electron chi connectivity index (χ4n) is 4.00. The first-order valence-corrected chi connectivity index (χ1v) is 12.1. The molecule has 0 aromatic heterocycles. The number of thiocarbonyl (C=S) groups is 1. The van der Waals surface area contributed by atoms with E-state index in [1.807, 2.05) is 12.1 Å². The highest BCUT2D eigenvalue weighted by molar-refractivity contribution is 7.80. The van der Waals surface area contributed by atoms with E-state index in [0.717, 1.165) is 43.0 Å². The van der Waals surface area contributed by atoms with Crippen molar-refractivity contribution in [3.63, 3.8) is 0 Å². The van der Waals surface area contributed by atoms with Gasteiger partial charge < -0.3 is 29.2 Å². The standard InChI is InChI=1S/C26H34N2O5S/c1-5-7-13-27-26(34)28-14-12-19-15-23(30-3)24(31-4)16-21(19)22(28)17-33-20-10-8-18(9-11-20)25(29)32-6-2/h8-11,15-16,22H,5-7,12-14,17H2,1-4H3,(H,27,34)/t22-/m1/s1. The molecule has 34 heavy (non-hydrogen) atoms. The minimum atomic E-state index is -0.342. The van der Waals surface area contributed by atoms with Crippen LogP contribution in [0.1, 0.15) is 54.2 Å². The summed E-state index contributed by atoms with van der Waals surface area (Å²) in [6.45, 7) is 6.29. The molecule has 1 atom stereocenters. The number of nitrogens with zero attached hydrogens (tertiary/aromatic N) is 1. The third-order valence-corrected chi connectivity index (χ3v) is 6.22. The van der Waals surface area contributed by atoms with E-state index < -0.39 is 0 Å². The fourth-order valence-corrected chi connectivity index (χ4v) is 4.32. The first-order valence-electron chi connectivity index (χ1n) is 11.7. The molecular formula is C26H34N2O5S. The lowest BCUT2D eigenvalue weighted by molar-refractivity contribution is 0.0526. The second-order valence-electron chi connectivity index (χ2n) is 8.01. The van der Waals surface area contributed by atoms with Gasteiger partial charge in [0.25, 0.3) is 0 Å². The molecule has 0 saturated carbocycles. The molecule has 1 aliphatic heterocycles. The van der Waals surface area contributed by atoms with Gasteiger partial charge in [-0.25, -0.2) is 4.79 Å². The van der Waals surface area contributed by atoms with Crippen LogP contribution < -0.4 is 19.5 Å². The van der Waals surface area contributed by atoms with Gasteiger partial charge in [-0.05, 0) is 79.5 Å². The van der Waals surface area contributed by atoms with Crippen molar-refractivity contribution in [2.75, 3.05) is 40.5 Å². The molecule has 0 aliphatic carbocycles. The van der Waals surface area contributed by atoms with Crippen molar-refractivity contribution in [1.29, 1.82) is 0 Å². The van der Waals surface area contributed by atoms with Crippen LogP contribution in [0.3, 0.4) is 0 Å². The van der Waals surface area contributed by atoms with E-state index in [1.165, 1.54) is 5.56 Å². The lowest BCUT2D eigenvalue weighted by Gasteiger charge is -2.39. The summed E-state index contributed by atoms with van der Waals surface area (Å²) in [7, 11) is 3.28.